The van der Waals surface area contributed by atoms with E-state index in [1.54, 1.807) is 6.20 Å². The van der Waals surface area contributed by atoms with Gasteiger partial charge in [-0.15, -0.1) is 54.1 Å². The molecule has 0 saturated carbocycles. The fraction of sp³-hybridized carbons (Fsp3) is 0.250. The summed E-state index contributed by atoms with van der Waals surface area (Å²) >= 11 is 0. The topological polar surface area (TPSA) is 43.9 Å². The minimum Gasteiger partial charge on any atom is -0.501 e. The molecule has 6 heteroatoms. The van der Waals surface area contributed by atoms with E-state index in [0.29, 0.717) is 11.8 Å². The van der Waals surface area contributed by atoms with Crippen molar-refractivity contribution in [3.8, 4) is 28.3 Å². The summed E-state index contributed by atoms with van der Waals surface area (Å²) in [6.45, 7) is 19.9. The van der Waals surface area contributed by atoms with Gasteiger partial charge in [0.2, 0.25) is 0 Å². The minimum atomic E-state index is -1.47. The van der Waals surface area contributed by atoms with E-state index in [1.807, 2.05) is 56.3 Å². The summed E-state index contributed by atoms with van der Waals surface area (Å²) in [5, 5.41) is 3.65. The van der Waals surface area contributed by atoms with Gasteiger partial charge in [-0.2, -0.15) is 0 Å². The Labute approximate surface area is 336 Å². The van der Waals surface area contributed by atoms with Crippen LogP contribution in [0.5, 0.6) is 0 Å². The van der Waals surface area contributed by atoms with Crippen molar-refractivity contribution in [1.82, 2.24) is 14.5 Å². The van der Waals surface area contributed by atoms with Crippen LogP contribution in [-0.4, -0.2) is 22.6 Å². The van der Waals surface area contributed by atoms with Crippen LogP contribution in [0.25, 0.3) is 61.3 Å². The smallest absolute Gasteiger partial charge is 0.120 e. The van der Waals surface area contributed by atoms with E-state index < -0.39 is 14.0 Å². The molecular weight excluding hydrogens is 855 g/mol. The third kappa shape index (κ3) is 7.66. The Morgan fingerprint density at radius 1 is 0.741 bits per heavy atom. The molecule has 0 spiro atoms. The Balaban J connectivity index is 0.000000254. The van der Waals surface area contributed by atoms with E-state index in [1.165, 1.54) is 22.0 Å². The minimum absolute atomic E-state index is 0. The summed E-state index contributed by atoms with van der Waals surface area (Å²) in [7, 11) is -1.47. The summed E-state index contributed by atoms with van der Waals surface area (Å²) in [5.74, 6) is 1.01. The standard InChI is InChI=1S/C34H35N2OSi.C14H14N.Ir/c1-21(2)24-12-10-13-25(22(3)4)32(24)36-30-17-9-8-16-29(30)35-34(36)28-15-11-14-27-26-19-18-23(38(5,6)7)20-31(26)37-33(27)28;1-11(2)13-8-9-15-14(10-13)12-6-4-3-5-7-12;/h8-14,16-22H,1-7H3;3-6,8-11H,1-2H3;/q2*-1;/i;11D;. The molecule has 0 N–H and O–H groups in total. The molecule has 0 aliphatic rings. The quantitative estimate of drug-likeness (QED) is 0.118. The van der Waals surface area contributed by atoms with Crippen LogP contribution in [0.3, 0.4) is 0 Å². The van der Waals surface area contributed by atoms with Crippen LogP contribution in [0, 0.1) is 12.1 Å². The van der Waals surface area contributed by atoms with Crippen molar-refractivity contribution in [2.75, 3.05) is 0 Å². The molecule has 0 fully saturated rings. The summed E-state index contributed by atoms with van der Waals surface area (Å²) < 4.78 is 17.0. The first-order valence-electron chi connectivity index (χ1n) is 19.1. The van der Waals surface area contributed by atoms with Gasteiger partial charge < -0.3 is 14.0 Å². The van der Waals surface area contributed by atoms with Gasteiger partial charge >= 0.3 is 0 Å². The Morgan fingerprint density at radius 3 is 2.13 bits per heavy atom. The average Bonchev–Trinajstić information content (AvgIpc) is 3.73. The average molecular weight is 905 g/mol. The van der Waals surface area contributed by atoms with E-state index in [-0.39, 0.29) is 20.1 Å². The molecule has 0 aliphatic carbocycles. The third-order valence-corrected chi connectivity index (χ3v) is 12.0. The van der Waals surface area contributed by atoms with Crippen molar-refractivity contribution in [2.45, 2.75) is 78.9 Å². The van der Waals surface area contributed by atoms with Crippen LogP contribution in [0.1, 0.15) is 77.3 Å². The van der Waals surface area contributed by atoms with Crippen LogP contribution in [-0.2, 0) is 20.1 Å². The maximum atomic E-state index is 7.99. The molecule has 0 amide bonds. The number of hydrogen-bond donors (Lipinski definition) is 0. The van der Waals surface area contributed by atoms with Crippen molar-refractivity contribution in [2.24, 2.45) is 0 Å². The molecular formula is C48H49IrN3OSi-2. The zero-order valence-corrected chi connectivity index (χ0v) is 36.1. The van der Waals surface area contributed by atoms with Crippen molar-refractivity contribution >= 4 is 46.2 Å². The van der Waals surface area contributed by atoms with Gasteiger partial charge in [-0.25, -0.2) is 0 Å². The zero-order chi connectivity index (χ0) is 38.4. The Kier molecular flexibility index (Phi) is 11.2. The fourth-order valence-electron chi connectivity index (χ4n) is 7.01. The number of rotatable bonds is 7. The fourth-order valence-corrected chi connectivity index (χ4v) is 8.15. The first-order valence-corrected chi connectivity index (χ1v) is 22.1. The van der Waals surface area contributed by atoms with Gasteiger partial charge in [0.15, 0.2) is 0 Å². The first kappa shape index (κ1) is 37.7. The zero-order valence-electron chi connectivity index (χ0n) is 33.7. The van der Waals surface area contributed by atoms with Crippen molar-refractivity contribution < 1.29 is 25.9 Å². The van der Waals surface area contributed by atoms with Gasteiger partial charge in [0, 0.05) is 38.7 Å². The third-order valence-electron chi connectivity index (χ3n) is 9.97. The van der Waals surface area contributed by atoms with Gasteiger partial charge in [0.25, 0.3) is 0 Å². The molecule has 0 bridgehead atoms. The van der Waals surface area contributed by atoms with Gasteiger partial charge in [-0.1, -0.05) is 131 Å². The number of benzene rings is 5. The number of imidazole rings is 1. The molecule has 8 aromatic rings. The molecule has 5 aromatic carbocycles. The molecule has 0 saturated heterocycles. The molecule has 4 nitrogen and oxygen atoms in total. The van der Waals surface area contributed by atoms with Gasteiger partial charge in [0.05, 0.1) is 30.5 Å². The number of pyridine rings is 1. The summed E-state index contributed by atoms with van der Waals surface area (Å²) in [5.41, 5.74) is 11.4. The number of aromatic nitrogens is 3. The Morgan fingerprint density at radius 2 is 1.46 bits per heavy atom. The van der Waals surface area contributed by atoms with Crippen LogP contribution in [0.4, 0.5) is 0 Å². The van der Waals surface area contributed by atoms with Crippen LogP contribution in [0.2, 0.25) is 19.6 Å². The molecule has 0 aliphatic heterocycles. The predicted octanol–water partition coefficient (Wildman–Crippen LogP) is 12.9. The van der Waals surface area contributed by atoms with Crippen LogP contribution >= 0.6 is 0 Å². The second-order valence-electron chi connectivity index (χ2n) is 15.7. The van der Waals surface area contributed by atoms with Crippen molar-refractivity contribution in [3.05, 3.63) is 144 Å². The van der Waals surface area contributed by atoms with Crippen LogP contribution in [0.15, 0.2) is 120 Å². The summed E-state index contributed by atoms with van der Waals surface area (Å²) in [6, 6.07) is 44.3. The first-order chi connectivity index (χ1) is 25.7. The SMILES string of the molecule is CC(C)c1cccc(C(C)C)c1-n1c(-c2[c-]ccc3c2oc2cc([Si](C)(C)C)ccc23)nc2ccccc21.[2H]C(C)(C)c1ccnc(-c2[c-]cccc2)c1.[Ir]. The van der Waals surface area contributed by atoms with E-state index in [4.69, 9.17) is 10.8 Å². The van der Waals surface area contributed by atoms with Crippen LogP contribution < -0.4 is 5.19 Å². The molecule has 8 rings (SSSR count). The van der Waals surface area contributed by atoms with Gasteiger partial charge in [-0.05, 0) is 58.8 Å². The van der Waals surface area contributed by atoms with Crippen molar-refractivity contribution in [3.63, 3.8) is 0 Å². The van der Waals surface area contributed by atoms with E-state index >= 15 is 0 Å². The van der Waals surface area contributed by atoms with Crippen molar-refractivity contribution in [1.29, 1.82) is 0 Å². The maximum Gasteiger partial charge on any atom is 0.120 e. The largest absolute Gasteiger partial charge is 0.501 e. The van der Waals surface area contributed by atoms with E-state index in [2.05, 4.69) is 136 Å². The molecule has 0 atom stereocenters. The summed E-state index contributed by atoms with van der Waals surface area (Å²) in [4.78, 5) is 9.52. The monoisotopic (exact) mass is 905 g/mol. The second-order valence-corrected chi connectivity index (χ2v) is 20.8. The number of furan rings is 1. The number of nitrogens with zero attached hydrogens (tertiary/aromatic N) is 3. The molecule has 3 heterocycles. The molecule has 54 heavy (non-hydrogen) atoms. The second kappa shape index (κ2) is 16.0. The van der Waals surface area contributed by atoms with Gasteiger partial charge in [0.1, 0.15) is 5.58 Å². The summed E-state index contributed by atoms with van der Waals surface area (Å²) in [6.07, 6.45) is 1.75. The number of fused-ring (bicyclic) bond motifs is 4. The molecule has 1 radical (unpaired) electrons. The van der Waals surface area contributed by atoms with E-state index in [0.717, 1.165) is 61.2 Å². The molecule has 3 aromatic heterocycles. The Bertz CT molecular complexity index is 2570. The normalized spacial score (nSPS) is 12.2. The molecule has 0 unspecified atom stereocenters. The van der Waals surface area contributed by atoms with E-state index in [9.17, 15) is 0 Å². The van der Waals surface area contributed by atoms with Gasteiger partial charge in [-0.3, -0.25) is 4.98 Å². The Hall–Kier alpha value is -4.61. The number of hydrogen-bond acceptors (Lipinski definition) is 3. The maximum absolute atomic E-state index is 7.99. The number of para-hydroxylation sites is 3. The molecule has 277 valence electrons. The predicted molar refractivity (Wildman–Crippen MR) is 226 cm³/mol.